The largest absolute Gasteiger partial charge is 0.465 e. The van der Waals surface area contributed by atoms with Crippen molar-refractivity contribution in [2.45, 2.75) is 50.8 Å². The molecule has 3 rings (SSSR count). The Morgan fingerprint density at radius 1 is 1.12 bits per heavy atom. The first-order valence-corrected chi connectivity index (χ1v) is 13.2. The zero-order valence-electron chi connectivity index (χ0n) is 19.6. The first-order valence-electron chi connectivity index (χ1n) is 10.8. The van der Waals surface area contributed by atoms with Crippen LogP contribution in [0.1, 0.15) is 54.9 Å². The monoisotopic (exact) mass is 486 g/mol. The van der Waals surface area contributed by atoms with E-state index >= 15 is 0 Å². The van der Waals surface area contributed by atoms with E-state index in [1.165, 1.54) is 24.8 Å². The number of sulfonamides is 1. The first kappa shape index (κ1) is 25.1. The summed E-state index contributed by atoms with van der Waals surface area (Å²) in [5.41, 5.74) is 4.24. The zero-order valence-corrected chi connectivity index (χ0v) is 21.3. The van der Waals surface area contributed by atoms with E-state index in [-0.39, 0.29) is 22.4 Å². The van der Waals surface area contributed by atoms with Crippen molar-refractivity contribution >= 4 is 27.3 Å². The summed E-state index contributed by atoms with van der Waals surface area (Å²) >= 11 is 1.54. The molecule has 0 spiro atoms. The number of aromatic nitrogens is 1. The molecule has 2 aromatic carbocycles. The second kappa shape index (κ2) is 10.2. The van der Waals surface area contributed by atoms with Gasteiger partial charge in [-0.15, -0.1) is 11.3 Å². The number of nitrogens with zero attached hydrogens (tertiary/aromatic N) is 1. The average molecular weight is 487 g/mol. The van der Waals surface area contributed by atoms with E-state index in [0.717, 1.165) is 21.8 Å². The van der Waals surface area contributed by atoms with Crippen molar-refractivity contribution in [3.8, 4) is 10.6 Å². The number of hydrogen-bond donors (Lipinski definition) is 1. The maximum atomic E-state index is 12.7. The van der Waals surface area contributed by atoms with Gasteiger partial charge < -0.3 is 4.74 Å². The minimum Gasteiger partial charge on any atom is -0.465 e. The second-order valence-corrected chi connectivity index (χ2v) is 11.4. The van der Waals surface area contributed by atoms with Crippen LogP contribution < -0.4 is 4.72 Å². The molecule has 0 saturated carbocycles. The maximum absolute atomic E-state index is 12.7. The van der Waals surface area contributed by atoms with Gasteiger partial charge >= 0.3 is 5.97 Å². The van der Waals surface area contributed by atoms with Crippen LogP contribution in [0.4, 0.5) is 0 Å². The number of nitrogens with one attached hydrogen (secondary N) is 1. The summed E-state index contributed by atoms with van der Waals surface area (Å²) in [4.78, 5) is 16.7. The highest BCUT2D eigenvalue weighted by molar-refractivity contribution is 7.89. The van der Waals surface area contributed by atoms with Gasteiger partial charge in [-0.05, 0) is 35.1 Å². The van der Waals surface area contributed by atoms with Gasteiger partial charge in [-0.25, -0.2) is 22.9 Å². The van der Waals surface area contributed by atoms with Crippen molar-refractivity contribution in [3.63, 3.8) is 0 Å². The molecular formula is C25H30N2O4S2. The Labute approximate surface area is 200 Å². The van der Waals surface area contributed by atoms with Gasteiger partial charge in [0.2, 0.25) is 10.0 Å². The van der Waals surface area contributed by atoms with E-state index in [2.05, 4.69) is 54.7 Å². The molecule has 0 aliphatic heterocycles. The fraction of sp³-hybridized carbons (Fsp3) is 0.360. The third-order valence-corrected chi connectivity index (χ3v) is 7.80. The molecule has 8 heteroatoms. The molecule has 0 amide bonds. The molecule has 0 radical (unpaired) electrons. The SMILES string of the molecule is CCc1ccc(S(=O)(=O)NCCc2csc(-c3ccc(C(C)(C)C)cc3)n2)cc1C(=O)OC. The standard InChI is InChI=1S/C25H30N2O4S2/c1-6-17-9-12-21(15-22(17)24(28)31-5)33(29,30)26-14-13-20-16-32-23(27-20)18-7-10-19(11-8-18)25(2,3)4/h7-12,15-16,26H,6,13-14H2,1-5H3. The molecule has 0 saturated heterocycles. The number of thiazole rings is 1. The lowest BCUT2D eigenvalue weighted by atomic mass is 9.87. The molecule has 176 valence electrons. The minimum absolute atomic E-state index is 0.0398. The summed E-state index contributed by atoms with van der Waals surface area (Å²) in [5.74, 6) is -0.547. The minimum atomic E-state index is -3.77. The predicted molar refractivity (Wildman–Crippen MR) is 132 cm³/mol. The van der Waals surface area contributed by atoms with E-state index in [1.807, 2.05) is 12.3 Å². The number of methoxy groups -OCH3 is 1. The number of ether oxygens (including phenoxy) is 1. The number of rotatable bonds is 8. The lowest BCUT2D eigenvalue weighted by molar-refractivity contribution is 0.0599. The molecule has 6 nitrogen and oxygen atoms in total. The maximum Gasteiger partial charge on any atom is 0.338 e. The smallest absolute Gasteiger partial charge is 0.338 e. The molecular weight excluding hydrogens is 456 g/mol. The van der Waals surface area contributed by atoms with Crippen LogP contribution in [-0.2, 0) is 33.0 Å². The Morgan fingerprint density at radius 2 is 1.82 bits per heavy atom. The summed E-state index contributed by atoms with van der Waals surface area (Å²) in [6, 6.07) is 12.9. The van der Waals surface area contributed by atoms with Gasteiger partial charge in [0.05, 0.1) is 23.3 Å². The quantitative estimate of drug-likeness (QED) is 0.454. The highest BCUT2D eigenvalue weighted by Crippen LogP contribution is 2.28. The summed E-state index contributed by atoms with van der Waals surface area (Å²) in [7, 11) is -2.49. The molecule has 1 aromatic heterocycles. The molecule has 0 aliphatic carbocycles. The van der Waals surface area contributed by atoms with Crippen molar-refractivity contribution in [1.29, 1.82) is 0 Å². The van der Waals surface area contributed by atoms with Crippen LogP contribution >= 0.6 is 11.3 Å². The highest BCUT2D eigenvalue weighted by atomic mass is 32.2. The lowest BCUT2D eigenvalue weighted by Crippen LogP contribution is -2.26. The number of esters is 1. The molecule has 0 atom stereocenters. The van der Waals surface area contributed by atoms with Crippen LogP contribution in [0.2, 0.25) is 0 Å². The average Bonchev–Trinajstić information content (AvgIpc) is 3.26. The van der Waals surface area contributed by atoms with Crippen LogP contribution in [0.3, 0.4) is 0 Å². The van der Waals surface area contributed by atoms with Crippen LogP contribution in [0.15, 0.2) is 52.7 Å². The second-order valence-electron chi connectivity index (χ2n) is 8.78. The Bertz CT molecular complexity index is 1220. The molecule has 33 heavy (non-hydrogen) atoms. The molecule has 0 bridgehead atoms. The fourth-order valence-electron chi connectivity index (χ4n) is 3.39. The van der Waals surface area contributed by atoms with E-state index < -0.39 is 16.0 Å². The lowest BCUT2D eigenvalue weighted by Gasteiger charge is -2.18. The molecule has 1 N–H and O–H groups in total. The van der Waals surface area contributed by atoms with Gasteiger partial charge in [0.15, 0.2) is 0 Å². The van der Waals surface area contributed by atoms with Crippen molar-refractivity contribution in [2.24, 2.45) is 0 Å². The molecule has 3 aromatic rings. The Hall–Kier alpha value is -2.55. The van der Waals surface area contributed by atoms with Gasteiger partial charge in [-0.2, -0.15) is 0 Å². The Kier molecular flexibility index (Phi) is 7.72. The zero-order chi connectivity index (χ0) is 24.2. The van der Waals surface area contributed by atoms with Crippen LogP contribution in [0.25, 0.3) is 10.6 Å². The molecule has 0 fully saturated rings. The number of aryl methyl sites for hydroxylation is 1. The number of hydrogen-bond acceptors (Lipinski definition) is 6. The van der Waals surface area contributed by atoms with Crippen molar-refractivity contribution in [1.82, 2.24) is 9.71 Å². The summed E-state index contributed by atoms with van der Waals surface area (Å²) in [6.45, 7) is 8.64. The Balaban J connectivity index is 1.66. The molecule has 0 unspecified atom stereocenters. The van der Waals surface area contributed by atoms with Crippen LogP contribution in [0, 0.1) is 0 Å². The highest BCUT2D eigenvalue weighted by Gasteiger charge is 2.19. The number of carbonyl (C=O) groups excluding carboxylic acids is 1. The predicted octanol–water partition coefficient (Wildman–Crippen LogP) is 4.98. The van der Waals surface area contributed by atoms with Crippen LogP contribution in [-0.4, -0.2) is 33.0 Å². The van der Waals surface area contributed by atoms with Gasteiger partial charge in [0.25, 0.3) is 0 Å². The van der Waals surface area contributed by atoms with E-state index in [4.69, 9.17) is 4.74 Å². The number of carbonyl (C=O) groups is 1. The van der Waals surface area contributed by atoms with Crippen molar-refractivity contribution < 1.29 is 17.9 Å². The van der Waals surface area contributed by atoms with Gasteiger partial charge in [0.1, 0.15) is 5.01 Å². The van der Waals surface area contributed by atoms with Gasteiger partial charge in [-0.1, -0.05) is 58.0 Å². The summed E-state index contributed by atoms with van der Waals surface area (Å²) < 4.78 is 32.9. The van der Waals surface area contributed by atoms with Crippen LogP contribution in [0.5, 0.6) is 0 Å². The van der Waals surface area contributed by atoms with Crippen molar-refractivity contribution in [3.05, 3.63) is 70.2 Å². The summed E-state index contributed by atoms with van der Waals surface area (Å²) in [5, 5.41) is 2.86. The van der Waals surface area contributed by atoms with Crippen molar-refractivity contribution in [2.75, 3.05) is 13.7 Å². The fourth-order valence-corrected chi connectivity index (χ4v) is 5.31. The number of benzene rings is 2. The third kappa shape index (κ3) is 6.07. The third-order valence-electron chi connectivity index (χ3n) is 5.40. The van der Waals surface area contributed by atoms with E-state index in [9.17, 15) is 13.2 Å². The van der Waals surface area contributed by atoms with E-state index in [0.29, 0.717) is 12.8 Å². The molecule has 0 aliphatic rings. The summed E-state index contributed by atoms with van der Waals surface area (Å²) in [6.07, 6.45) is 1.07. The van der Waals surface area contributed by atoms with Gasteiger partial charge in [-0.3, -0.25) is 0 Å². The normalized spacial score (nSPS) is 12.0. The Morgan fingerprint density at radius 3 is 2.42 bits per heavy atom. The topological polar surface area (TPSA) is 85.4 Å². The van der Waals surface area contributed by atoms with E-state index in [1.54, 1.807) is 17.4 Å². The first-order chi connectivity index (χ1) is 15.5. The molecule has 1 heterocycles. The van der Waals surface area contributed by atoms with Gasteiger partial charge in [0, 0.05) is 23.9 Å².